The Balaban J connectivity index is 1.74. The van der Waals surface area contributed by atoms with Gasteiger partial charge in [0.2, 0.25) is 0 Å². The lowest BCUT2D eigenvalue weighted by Gasteiger charge is -2.36. The van der Waals surface area contributed by atoms with Gasteiger partial charge in [-0.15, -0.1) is 0 Å². The van der Waals surface area contributed by atoms with Gasteiger partial charge in [0.05, 0.1) is 0 Å². The summed E-state index contributed by atoms with van der Waals surface area (Å²) in [4.78, 5) is 19.9. The molecule has 0 radical (unpaired) electrons. The van der Waals surface area contributed by atoms with Crippen LogP contribution in [0.3, 0.4) is 0 Å². The highest BCUT2D eigenvalue weighted by Crippen LogP contribution is 2.29. The van der Waals surface area contributed by atoms with Crippen LogP contribution >= 0.6 is 0 Å². The summed E-state index contributed by atoms with van der Waals surface area (Å²) in [6.45, 7) is 6.48. The molecule has 0 amide bonds. The van der Waals surface area contributed by atoms with Crippen LogP contribution in [0.4, 0.5) is 24.8 Å². The zero-order chi connectivity index (χ0) is 18.0. The van der Waals surface area contributed by atoms with E-state index in [9.17, 15) is 13.2 Å². The van der Waals surface area contributed by atoms with Crippen molar-refractivity contribution in [3.05, 3.63) is 35.7 Å². The standard InChI is InChI=1S/C16H19F3N6/c1-3-12-11(2)20-9-23-15(12)25-6-4-24(5-7-25)14-8-13(16(17,18)19)21-10-22-14/h8-10H,3-7H2,1-2H3. The number of halogens is 3. The van der Waals surface area contributed by atoms with Gasteiger partial charge in [-0.05, 0) is 13.3 Å². The van der Waals surface area contributed by atoms with E-state index in [2.05, 4.69) is 31.8 Å². The van der Waals surface area contributed by atoms with Crippen LogP contribution in [0.1, 0.15) is 23.9 Å². The molecule has 0 atom stereocenters. The normalized spacial score (nSPS) is 15.6. The van der Waals surface area contributed by atoms with E-state index in [0.29, 0.717) is 32.0 Å². The third-order valence-corrected chi connectivity index (χ3v) is 4.34. The summed E-state index contributed by atoms with van der Waals surface area (Å²) >= 11 is 0. The number of hydrogen-bond donors (Lipinski definition) is 0. The van der Waals surface area contributed by atoms with Crippen LogP contribution in [0.15, 0.2) is 18.7 Å². The zero-order valence-corrected chi connectivity index (χ0v) is 14.1. The second kappa shape index (κ2) is 6.81. The molecule has 2 aromatic rings. The fourth-order valence-electron chi connectivity index (χ4n) is 3.00. The SMILES string of the molecule is CCc1c(C)ncnc1N1CCN(c2cc(C(F)(F)F)ncn2)CC1. The molecule has 3 heterocycles. The average Bonchev–Trinajstić information content (AvgIpc) is 2.61. The quantitative estimate of drug-likeness (QED) is 0.846. The molecule has 0 N–H and O–H groups in total. The highest BCUT2D eigenvalue weighted by molar-refractivity contribution is 5.51. The Morgan fingerprint density at radius 2 is 1.60 bits per heavy atom. The van der Waals surface area contributed by atoms with Crippen LogP contribution in [-0.2, 0) is 12.6 Å². The molecule has 1 aliphatic rings. The van der Waals surface area contributed by atoms with E-state index in [1.807, 2.05) is 11.8 Å². The van der Waals surface area contributed by atoms with Crippen LogP contribution in [0, 0.1) is 6.92 Å². The van der Waals surface area contributed by atoms with Gasteiger partial charge < -0.3 is 9.80 Å². The minimum absolute atomic E-state index is 0.302. The Labute approximate surface area is 143 Å². The molecule has 9 heteroatoms. The van der Waals surface area contributed by atoms with Crippen LogP contribution in [-0.4, -0.2) is 46.1 Å². The van der Waals surface area contributed by atoms with Crippen molar-refractivity contribution in [3.63, 3.8) is 0 Å². The third kappa shape index (κ3) is 3.64. The van der Waals surface area contributed by atoms with Gasteiger partial charge in [-0.3, -0.25) is 0 Å². The second-order valence-electron chi connectivity index (χ2n) is 5.85. The van der Waals surface area contributed by atoms with Crippen LogP contribution in [0.2, 0.25) is 0 Å². The zero-order valence-electron chi connectivity index (χ0n) is 14.1. The molecular weight excluding hydrogens is 333 g/mol. The number of nitrogens with zero attached hydrogens (tertiary/aromatic N) is 6. The maximum absolute atomic E-state index is 12.8. The van der Waals surface area contributed by atoms with Crippen LogP contribution in [0.5, 0.6) is 0 Å². The minimum atomic E-state index is -4.46. The number of piperazine rings is 1. The van der Waals surface area contributed by atoms with Crippen molar-refractivity contribution in [2.45, 2.75) is 26.4 Å². The van der Waals surface area contributed by atoms with E-state index < -0.39 is 11.9 Å². The Morgan fingerprint density at radius 1 is 0.960 bits per heavy atom. The lowest BCUT2D eigenvalue weighted by molar-refractivity contribution is -0.141. The molecule has 6 nitrogen and oxygen atoms in total. The van der Waals surface area contributed by atoms with Crippen LogP contribution < -0.4 is 9.80 Å². The van der Waals surface area contributed by atoms with Gasteiger partial charge in [0.15, 0.2) is 0 Å². The van der Waals surface area contributed by atoms with Crippen molar-refractivity contribution < 1.29 is 13.2 Å². The molecule has 134 valence electrons. The Bertz CT molecular complexity index is 741. The lowest BCUT2D eigenvalue weighted by Crippen LogP contribution is -2.47. The molecule has 0 aromatic carbocycles. The van der Waals surface area contributed by atoms with Crippen molar-refractivity contribution in [1.82, 2.24) is 19.9 Å². The fraction of sp³-hybridized carbons (Fsp3) is 0.500. The van der Waals surface area contributed by atoms with E-state index in [0.717, 1.165) is 35.9 Å². The van der Waals surface area contributed by atoms with E-state index in [-0.39, 0.29) is 0 Å². The van der Waals surface area contributed by atoms with Crippen LogP contribution in [0.25, 0.3) is 0 Å². The number of anilines is 2. The fourth-order valence-corrected chi connectivity index (χ4v) is 3.00. The monoisotopic (exact) mass is 352 g/mol. The molecule has 0 aliphatic carbocycles. The molecule has 1 fully saturated rings. The first kappa shape index (κ1) is 17.4. The van der Waals surface area contributed by atoms with Gasteiger partial charge in [-0.2, -0.15) is 13.2 Å². The topological polar surface area (TPSA) is 58.0 Å². The van der Waals surface area contributed by atoms with Gasteiger partial charge in [0.25, 0.3) is 0 Å². The summed E-state index contributed by atoms with van der Waals surface area (Å²) in [5, 5.41) is 0. The van der Waals surface area contributed by atoms with Gasteiger partial charge >= 0.3 is 6.18 Å². The summed E-state index contributed by atoms with van der Waals surface area (Å²) in [7, 11) is 0. The number of rotatable bonds is 3. The molecule has 25 heavy (non-hydrogen) atoms. The number of aryl methyl sites for hydroxylation is 1. The molecular formula is C16H19F3N6. The maximum Gasteiger partial charge on any atom is 0.433 e. The highest BCUT2D eigenvalue weighted by Gasteiger charge is 2.33. The van der Waals surface area contributed by atoms with Crippen molar-refractivity contribution in [2.75, 3.05) is 36.0 Å². The highest BCUT2D eigenvalue weighted by atomic mass is 19.4. The molecule has 2 aromatic heterocycles. The Kier molecular flexibility index (Phi) is 4.73. The van der Waals surface area contributed by atoms with Crippen molar-refractivity contribution in [2.24, 2.45) is 0 Å². The first-order valence-electron chi connectivity index (χ1n) is 8.09. The van der Waals surface area contributed by atoms with Gasteiger partial charge in [0, 0.05) is 43.5 Å². The van der Waals surface area contributed by atoms with Gasteiger partial charge in [0.1, 0.15) is 30.0 Å². The van der Waals surface area contributed by atoms with E-state index in [1.165, 1.54) is 0 Å². The number of hydrogen-bond acceptors (Lipinski definition) is 6. The summed E-state index contributed by atoms with van der Waals surface area (Å²) in [5.41, 5.74) is 1.15. The second-order valence-corrected chi connectivity index (χ2v) is 5.85. The van der Waals surface area contributed by atoms with Crippen molar-refractivity contribution in [1.29, 1.82) is 0 Å². The predicted molar refractivity (Wildman–Crippen MR) is 87.6 cm³/mol. The molecule has 0 bridgehead atoms. The number of alkyl halides is 3. The summed E-state index contributed by atoms with van der Waals surface area (Å²) in [5.74, 6) is 1.21. The first-order chi connectivity index (χ1) is 11.9. The summed E-state index contributed by atoms with van der Waals surface area (Å²) in [6.07, 6.45) is -1.11. The summed E-state index contributed by atoms with van der Waals surface area (Å²) in [6, 6.07) is 1.00. The van der Waals surface area contributed by atoms with Crippen molar-refractivity contribution in [3.8, 4) is 0 Å². The lowest BCUT2D eigenvalue weighted by atomic mass is 10.1. The van der Waals surface area contributed by atoms with Crippen molar-refractivity contribution >= 4 is 11.6 Å². The van der Waals surface area contributed by atoms with E-state index >= 15 is 0 Å². The Hall–Kier alpha value is -2.45. The average molecular weight is 352 g/mol. The minimum Gasteiger partial charge on any atom is -0.353 e. The van der Waals surface area contributed by atoms with E-state index in [1.54, 1.807) is 6.33 Å². The molecule has 0 saturated carbocycles. The van der Waals surface area contributed by atoms with E-state index in [4.69, 9.17) is 0 Å². The van der Waals surface area contributed by atoms with Gasteiger partial charge in [-0.25, -0.2) is 19.9 Å². The smallest absolute Gasteiger partial charge is 0.353 e. The number of aromatic nitrogens is 4. The largest absolute Gasteiger partial charge is 0.433 e. The third-order valence-electron chi connectivity index (χ3n) is 4.34. The maximum atomic E-state index is 12.8. The first-order valence-corrected chi connectivity index (χ1v) is 8.09. The molecule has 0 spiro atoms. The molecule has 1 saturated heterocycles. The Morgan fingerprint density at radius 3 is 2.24 bits per heavy atom. The predicted octanol–water partition coefficient (Wildman–Crippen LogP) is 2.48. The molecule has 0 unspecified atom stereocenters. The molecule has 3 rings (SSSR count). The summed E-state index contributed by atoms with van der Waals surface area (Å²) < 4.78 is 38.4. The van der Waals surface area contributed by atoms with Gasteiger partial charge in [-0.1, -0.05) is 6.92 Å². The molecule has 1 aliphatic heterocycles.